The smallest absolute Gasteiger partial charge is 0.0978 e. The van der Waals surface area contributed by atoms with Crippen LogP contribution in [0.15, 0.2) is 0 Å². The van der Waals surface area contributed by atoms with E-state index in [1.54, 1.807) is 0 Å². The summed E-state index contributed by atoms with van der Waals surface area (Å²) >= 11 is 5.50. The van der Waals surface area contributed by atoms with Crippen molar-refractivity contribution in [2.75, 3.05) is 5.33 Å². The van der Waals surface area contributed by atoms with E-state index in [1.807, 2.05) is 0 Å². The molecule has 9 heavy (non-hydrogen) atoms. The zero-order valence-corrected chi connectivity index (χ0v) is 8.85. The Balaban J connectivity index is 2.99. The predicted octanol–water partition coefficient (Wildman–Crippen LogP) is 2.88. The van der Waals surface area contributed by atoms with Gasteiger partial charge in [0.05, 0.1) is 9.99 Å². The fraction of sp³-hybridized carbons (Fsp3) is 0.833. The molecule has 1 nitrogen and oxygen atoms in total. The lowest BCUT2D eigenvalue weighted by molar-refractivity contribution is 0.761. The quantitative estimate of drug-likeness (QED) is 0.445. The first-order chi connectivity index (χ1) is 4.31. The van der Waals surface area contributed by atoms with Crippen molar-refractivity contribution in [3.05, 3.63) is 0 Å². The summed E-state index contributed by atoms with van der Waals surface area (Å²) in [5.74, 6) is 0. The maximum absolute atomic E-state index is 8.36. The third-order valence-corrected chi connectivity index (χ3v) is 2.44. The highest BCUT2D eigenvalue weighted by Gasteiger charge is 1.98. The highest BCUT2D eigenvalue weighted by molar-refractivity contribution is 14.1. The first-order valence-corrected chi connectivity index (χ1v) is 5.27. The molecule has 0 fully saturated rings. The van der Waals surface area contributed by atoms with E-state index in [1.165, 1.54) is 6.42 Å². The van der Waals surface area contributed by atoms with E-state index >= 15 is 0 Å². The van der Waals surface area contributed by atoms with Crippen molar-refractivity contribution < 1.29 is 0 Å². The van der Waals surface area contributed by atoms with E-state index in [4.69, 9.17) is 5.26 Å². The minimum Gasteiger partial charge on any atom is -0.197 e. The van der Waals surface area contributed by atoms with Gasteiger partial charge in [0.2, 0.25) is 0 Å². The van der Waals surface area contributed by atoms with Crippen molar-refractivity contribution in [1.29, 1.82) is 5.26 Å². The van der Waals surface area contributed by atoms with Crippen LogP contribution in [0.2, 0.25) is 0 Å². The minimum absolute atomic E-state index is 0.210. The Labute approximate surface area is 78.1 Å². The van der Waals surface area contributed by atoms with E-state index in [-0.39, 0.29) is 3.92 Å². The molecule has 0 heterocycles. The Morgan fingerprint density at radius 3 is 2.67 bits per heavy atom. The average Bonchev–Trinajstić information content (AvgIpc) is 1.89. The second-order valence-electron chi connectivity index (χ2n) is 1.78. The van der Waals surface area contributed by atoms with Gasteiger partial charge in [0.25, 0.3) is 0 Å². The van der Waals surface area contributed by atoms with Crippen LogP contribution in [0.1, 0.15) is 19.3 Å². The Kier molecular flexibility index (Phi) is 7.34. The summed E-state index contributed by atoms with van der Waals surface area (Å²) in [6.07, 6.45) is 3.37. The monoisotopic (exact) mass is 301 g/mol. The van der Waals surface area contributed by atoms with Crippen LogP contribution in [0.3, 0.4) is 0 Å². The van der Waals surface area contributed by atoms with Crippen LogP contribution in [0, 0.1) is 11.3 Å². The zero-order valence-electron chi connectivity index (χ0n) is 5.11. The summed E-state index contributed by atoms with van der Waals surface area (Å²) in [7, 11) is 0. The van der Waals surface area contributed by atoms with Gasteiger partial charge in [-0.3, -0.25) is 0 Å². The van der Waals surface area contributed by atoms with Gasteiger partial charge in [-0.2, -0.15) is 5.26 Å². The molecule has 0 aliphatic rings. The second kappa shape index (κ2) is 6.81. The molecule has 0 N–H and O–H groups in total. The van der Waals surface area contributed by atoms with Gasteiger partial charge in [0, 0.05) is 5.33 Å². The molecule has 0 amide bonds. The molecule has 1 atom stereocenters. The molecular weight excluding hydrogens is 293 g/mol. The third-order valence-electron chi connectivity index (χ3n) is 0.981. The lowest BCUT2D eigenvalue weighted by atomic mass is 10.2. The van der Waals surface area contributed by atoms with Crippen LogP contribution < -0.4 is 0 Å². The van der Waals surface area contributed by atoms with Crippen molar-refractivity contribution in [3.8, 4) is 6.07 Å². The Morgan fingerprint density at radius 2 is 2.22 bits per heavy atom. The molecule has 1 unspecified atom stereocenters. The highest BCUT2D eigenvalue weighted by atomic mass is 127. The number of rotatable bonds is 4. The van der Waals surface area contributed by atoms with E-state index < -0.39 is 0 Å². The average molecular weight is 302 g/mol. The number of nitrogens with zero attached hydrogens (tertiary/aromatic N) is 1. The van der Waals surface area contributed by atoms with Crippen LogP contribution in [-0.4, -0.2) is 9.25 Å². The maximum atomic E-state index is 8.36. The zero-order chi connectivity index (χ0) is 7.11. The van der Waals surface area contributed by atoms with Gasteiger partial charge in [-0.25, -0.2) is 0 Å². The van der Waals surface area contributed by atoms with Gasteiger partial charge in [-0.05, 0) is 12.8 Å². The van der Waals surface area contributed by atoms with E-state index in [0.29, 0.717) is 0 Å². The number of unbranched alkanes of at least 4 members (excludes halogenated alkanes) is 1. The first kappa shape index (κ1) is 9.70. The standard InChI is InChI=1S/C6H9BrIN/c7-4-2-1-3-6(8)5-9/h6H,1-4H2. The largest absolute Gasteiger partial charge is 0.197 e. The molecule has 0 aromatic heterocycles. The van der Waals surface area contributed by atoms with Gasteiger partial charge >= 0.3 is 0 Å². The molecule has 3 heteroatoms. The number of alkyl halides is 2. The summed E-state index contributed by atoms with van der Waals surface area (Å²) < 4.78 is 0.210. The topological polar surface area (TPSA) is 23.8 Å². The van der Waals surface area contributed by atoms with E-state index in [9.17, 15) is 0 Å². The SMILES string of the molecule is N#CC(I)CCCCBr. The third kappa shape index (κ3) is 6.59. The normalized spacial score (nSPS) is 12.6. The molecule has 0 saturated heterocycles. The van der Waals surface area contributed by atoms with Crippen LogP contribution >= 0.6 is 38.5 Å². The van der Waals surface area contributed by atoms with Crippen molar-refractivity contribution in [3.63, 3.8) is 0 Å². The lowest BCUT2D eigenvalue weighted by Crippen LogP contribution is -1.91. The van der Waals surface area contributed by atoms with Gasteiger partial charge in [0.15, 0.2) is 0 Å². The number of hydrogen-bond donors (Lipinski definition) is 0. The molecule has 0 aromatic rings. The van der Waals surface area contributed by atoms with Gasteiger partial charge < -0.3 is 0 Å². The van der Waals surface area contributed by atoms with Gasteiger partial charge in [-0.15, -0.1) is 0 Å². The minimum atomic E-state index is 0.210. The molecule has 0 rings (SSSR count). The molecule has 0 aliphatic heterocycles. The summed E-state index contributed by atoms with van der Waals surface area (Å²) in [6.45, 7) is 0. The second-order valence-corrected chi connectivity index (χ2v) is 4.08. The molecule has 52 valence electrons. The lowest BCUT2D eigenvalue weighted by Gasteiger charge is -1.96. The van der Waals surface area contributed by atoms with Gasteiger partial charge in [0.1, 0.15) is 0 Å². The summed E-state index contributed by atoms with van der Waals surface area (Å²) in [4.78, 5) is 0. The Morgan fingerprint density at radius 1 is 1.56 bits per heavy atom. The van der Waals surface area contributed by atoms with Crippen molar-refractivity contribution in [2.24, 2.45) is 0 Å². The highest BCUT2D eigenvalue weighted by Crippen LogP contribution is 2.09. The molecule has 0 saturated carbocycles. The van der Waals surface area contributed by atoms with Crippen LogP contribution in [0.25, 0.3) is 0 Å². The van der Waals surface area contributed by atoms with Crippen molar-refractivity contribution in [1.82, 2.24) is 0 Å². The Hall–Kier alpha value is 0.700. The fourth-order valence-electron chi connectivity index (χ4n) is 0.483. The Bertz CT molecular complexity index is 99.7. The number of nitriles is 1. The number of hydrogen-bond acceptors (Lipinski definition) is 1. The summed E-state index contributed by atoms with van der Waals surface area (Å²) in [5, 5.41) is 9.42. The molecule has 0 aromatic carbocycles. The van der Waals surface area contributed by atoms with E-state index in [0.717, 1.165) is 18.2 Å². The van der Waals surface area contributed by atoms with Crippen LogP contribution in [0.5, 0.6) is 0 Å². The number of halogens is 2. The molecule has 0 radical (unpaired) electrons. The van der Waals surface area contributed by atoms with Gasteiger partial charge in [-0.1, -0.05) is 44.9 Å². The predicted molar refractivity (Wildman–Crippen MR) is 51.1 cm³/mol. The molecule has 0 spiro atoms. The van der Waals surface area contributed by atoms with E-state index in [2.05, 4.69) is 44.6 Å². The maximum Gasteiger partial charge on any atom is 0.0978 e. The molecule has 0 aliphatic carbocycles. The van der Waals surface area contributed by atoms with Crippen LogP contribution in [-0.2, 0) is 0 Å². The van der Waals surface area contributed by atoms with Crippen molar-refractivity contribution in [2.45, 2.75) is 23.2 Å². The summed E-state index contributed by atoms with van der Waals surface area (Å²) in [6, 6.07) is 2.20. The fourth-order valence-corrected chi connectivity index (χ4v) is 1.32. The summed E-state index contributed by atoms with van der Waals surface area (Å²) in [5.41, 5.74) is 0. The first-order valence-electron chi connectivity index (χ1n) is 2.91. The van der Waals surface area contributed by atoms with Crippen molar-refractivity contribution >= 4 is 38.5 Å². The molecular formula is C6H9BrIN. The van der Waals surface area contributed by atoms with Crippen LogP contribution in [0.4, 0.5) is 0 Å². The molecule has 0 bridgehead atoms.